The molecule has 0 N–H and O–H groups in total. The Morgan fingerprint density at radius 3 is 1.94 bits per heavy atom. The molecule has 0 fully saturated rings. The predicted molar refractivity (Wildman–Crippen MR) is 81.2 cm³/mol. The van der Waals surface area contributed by atoms with Gasteiger partial charge in [0.05, 0.1) is 0 Å². The van der Waals surface area contributed by atoms with Gasteiger partial charge in [0.2, 0.25) is 0 Å². The van der Waals surface area contributed by atoms with E-state index in [2.05, 4.69) is 74.5 Å². The van der Waals surface area contributed by atoms with E-state index in [1.165, 1.54) is 10.5 Å². The molecule has 0 bridgehead atoms. The molecule has 0 nitrogen and oxygen atoms in total. The fourth-order valence-electron chi connectivity index (χ4n) is 2.08. The molecule has 1 atom stereocenters. The van der Waals surface area contributed by atoms with Crippen molar-refractivity contribution in [3.63, 3.8) is 0 Å². The quantitative estimate of drug-likeness (QED) is 0.661. The second-order valence-corrected chi connectivity index (χ2v) is 5.98. The molecule has 0 aliphatic heterocycles. The van der Waals surface area contributed by atoms with Gasteiger partial charge in [0, 0.05) is 10.6 Å². The van der Waals surface area contributed by atoms with E-state index in [1.54, 1.807) is 0 Å². The van der Waals surface area contributed by atoms with E-state index in [9.17, 15) is 0 Å². The van der Waals surface area contributed by atoms with E-state index in [0.717, 1.165) is 5.75 Å². The minimum atomic E-state index is 0.622. The molecule has 0 amide bonds. The molecule has 0 saturated carbocycles. The Balaban J connectivity index is 2.04. The van der Waals surface area contributed by atoms with Crippen molar-refractivity contribution in [2.45, 2.75) is 24.7 Å². The molecule has 0 spiro atoms. The maximum absolute atomic E-state index is 2.31. The average Bonchev–Trinajstić information content (AvgIpc) is 2.41. The zero-order chi connectivity index (χ0) is 12.8. The van der Waals surface area contributed by atoms with Crippen molar-refractivity contribution >= 4 is 11.8 Å². The van der Waals surface area contributed by atoms with E-state index in [1.807, 2.05) is 11.8 Å². The average molecular weight is 256 g/mol. The molecule has 94 valence electrons. The van der Waals surface area contributed by atoms with Gasteiger partial charge in [-0.3, -0.25) is 0 Å². The third-order valence-electron chi connectivity index (χ3n) is 3.21. The lowest BCUT2D eigenvalue weighted by molar-refractivity contribution is 0.542. The summed E-state index contributed by atoms with van der Waals surface area (Å²) in [5.74, 6) is 2.44. The summed E-state index contributed by atoms with van der Waals surface area (Å²) >= 11 is 1.95. The zero-order valence-corrected chi connectivity index (χ0v) is 11.9. The van der Waals surface area contributed by atoms with Crippen LogP contribution in [0.15, 0.2) is 65.6 Å². The van der Waals surface area contributed by atoms with Crippen LogP contribution in [0, 0.1) is 5.92 Å². The van der Waals surface area contributed by atoms with Gasteiger partial charge in [0.25, 0.3) is 0 Å². The molecule has 0 aromatic heterocycles. The Morgan fingerprint density at radius 1 is 0.833 bits per heavy atom. The van der Waals surface area contributed by atoms with Crippen molar-refractivity contribution in [3.8, 4) is 0 Å². The summed E-state index contributed by atoms with van der Waals surface area (Å²) in [6, 6.07) is 21.5. The number of thioether (sulfide) groups is 1. The molecule has 1 heteroatoms. The van der Waals surface area contributed by atoms with Gasteiger partial charge < -0.3 is 0 Å². The first kappa shape index (κ1) is 13.2. The standard InChI is InChI=1S/C17H20S/c1-14(2)17(15-9-5-3-6-10-15)13-18-16-11-7-4-8-12-16/h3-12,14,17H,13H2,1-2H3. The lowest BCUT2D eigenvalue weighted by atomic mass is 9.90. The maximum atomic E-state index is 2.31. The lowest BCUT2D eigenvalue weighted by Gasteiger charge is -2.21. The third-order valence-corrected chi connectivity index (χ3v) is 4.34. The summed E-state index contributed by atoms with van der Waals surface area (Å²) in [6.07, 6.45) is 0. The molecule has 0 aliphatic carbocycles. The second kappa shape index (κ2) is 6.65. The Bertz CT molecular complexity index is 448. The Labute approximate surface area is 114 Å². The monoisotopic (exact) mass is 256 g/mol. The van der Waals surface area contributed by atoms with Crippen LogP contribution < -0.4 is 0 Å². The molecule has 2 aromatic rings. The normalized spacial score (nSPS) is 12.6. The van der Waals surface area contributed by atoms with Gasteiger partial charge in [-0.2, -0.15) is 0 Å². The van der Waals surface area contributed by atoms with Crippen molar-refractivity contribution in [1.82, 2.24) is 0 Å². The van der Waals surface area contributed by atoms with Gasteiger partial charge in [-0.05, 0) is 29.5 Å². The maximum Gasteiger partial charge on any atom is 0.00721 e. The van der Waals surface area contributed by atoms with Crippen LogP contribution in [0.25, 0.3) is 0 Å². The first-order chi connectivity index (χ1) is 8.77. The number of hydrogen-bond acceptors (Lipinski definition) is 1. The molecule has 0 heterocycles. The van der Waals surface area contributed by atoms with Gasteiger partial charge >= 0.3 is 0 Å². The molecule has 0 saturated heterocycles. The molecule has 0 radical (unpaired) electrons. The van der Waals surface area contributed by atoms with Crippen molar-refractivity contribution < 1.29 is 0 Å². The van der Waals surface area contributed by atoms with Gasteiger partial charge in [-0.15, -0.1) is 11.8 Å². The van der Waals surface area contributed by atoms with Crippen LogP contribution in [-0.2, 0) is 0 Å². The minimum absolute atomic E-state index is 0.622. The molecule has 1 unspecified atom stereocenters. The van der Waals surface area contributed by atoms with Crippen LogP contribution in [0.4, 0.5) is 0 Å². The van der Waals surface area contributed by atoms with E-state index < -0.39 is 0 Å². The highest BCUT2D eigenvalue weighted by Crippen LogP contribution is 2.31. The van der Waals surface area contributed by atoms with Gasteiger partial charge in [-0.25, -0.2) is 0 Å². The first-order valence-corrected chi connectivity index (χ1v) is 7.48. The van der Waals surface area contributed by atoms with Crippen molar-refractivity contribution in [2.24, 2.45) is 5.92 Å². The molecular formula is C17H20S. The van der Waals surface area contributed by atoms with Crippen molar-refractivity contribution in [2.75, 3.05) is 5.75 Å². The van der Waals surface area contributed by atoms with Crippen LogP contribution in [0.5, 0.6) is 0 Å². The van der Waals surface area contributed by atoms with E-state index >= 15 is 0 Å². The van der Waals surface area contributed by atoms with Gasteiger partial charge in [0.15, 0.2) is 0 Å². The summed E-state index contributed by atoms with van der Waals surface area (Å²) in [7, 11) is 0. The first-order valence-electron chi connectivity index (χ1n) is 6.50. The SMILES string of the molecule is CC(C)C(CSc1ccccc1)c1ccccc1. The third kappa shape index (κ3) is 3.64. The van der Waals surface area contributed by atoms with E-state index in [-0.39, 0.29) is 0 Å². The van der Waals surface area contributed by atoms with Crippen molar-refractivity contribution in [1.29, 1.82) is 0 Å². The smallest absolute Gasteiger partial charge is 0.00721 e. The molecule has 2 aromatic carbocycles. The fraction of sp³-hybridized carbons (Fsp3) is 0.294. The van der Waals surface area contributed by atoms with Crippen LogP contribution in [0.2, 0.25) is 0 Å². The topological polar surface area (TPSA) is 0 Å². The van der Waals surface area contributed by atoms with Gasteiger partial charge in [-0.1, -0.05) is 62.4 Å². The summed E-state index contributed by atoms with van der Waals surface area (Å²) in [6.45, 7) is 4.62. The van der Waals surface area contributed by atoms with Crippen LogP contribution >= 0.6 is 11.8 Å². The van der Waals surface area contributed by atoms with E-state index in [0.29, 0.717) is 11.8 Å². The zero-order valence-electron chi connectivity index (χ0n) is 11.0. The van der Waals surface area contributed by atoms with Crippen LogP contribution in [0.3, 0.4) is 0 Å². The number of hydrogen-bond donors (Lipinski definition) is 0. The predicted octanol–water partition coefficient (Wildman–Crippen LogP) is 5.22. The highest BCUT2D eigenvalue weighted by molar-refractivity contribution is 7.99. The minimum Gasteiger partial charge on any atom is -0.126 e. The highest BCUT2D eigenvalue weighted by Gasteiger charge is 2.15. The molecular weight excluding hydrogens is 236 g/mol. The van der Waals surface area contributed by atoms with Crippen LogP contribution in [-0.4, -0.2) is 5.75 Å². The summed E-state index contributed by atoms with van der Waals surface area (Å²) in [4.78, 5) is 1.36. The van der Waals surface area contributed by atoms with Gasteiger partial charge in [0.1, 0.15) is 0 Å². The summed E-state index contributed by atoms with van der Waals surface area (Å²) in [5, 5.41) is 0. The van der Waals surface area contributed by atoms with Crippen molar-refractivity contribution in [3.05, 3.63) is 66.2 Å². The number of rotatable bonds is 5. The van der Waals surface area contributed by atoms with Crippen LogP contribution in [0.1, 0.15) is 25.3 Å². The molecule has 18 heavy (non-hydrogen) atoms. The van der Waals surface area contributed by atoms with E-state index in [4.69, 9.17) is 0 Å². The Hall–Kier alpha value is -1.21. The molecule has 0 aliphatic rings. The molecule has 2 rings (SSSR count). The highest BCUT2D eigenvalue weighted by atomic mass is 32.2. The number of benzene rings is 2. The Kier molecular flexibility index (Phi) is 4.89. The largest absolute Gasteiger partial charge is 0.126 e. The fourth-order valence-corrected chi connectivity index (χ4v) is 3.38. The second-order valence-electron chi connectivity index (χ2n) is 4.89. The summed E-state index contributed by atoms with van der Waals surface area (Å²) in [5.41, 5.74) is 1.45. The lowest BCUT2D eigenvalue weighted by Crippen LogP contribution is -2.09. The Morgan fingerprint density at radius 2 is 1.39 bits per heavy atom. The summed E-state index contributed by atoms with van der Waals surface area (Å²) < 4.78 is 0.